The summed E-state index contributed by atoms with van der Waals surface area (Å²) in [5, 5.41) is 7.65. The number of para-hydroxylation sites is 1. The maximum Gasteiger partial charge on any atom is 0.366 e. The van der Waals surface area contributed by atoms with Crippen molar-refractivity contribution in [1.82, 2.24) is 0 Å². The third-order valence-corrected chi connectivity index (χ3v) is 3.93. The third kappa shape index (κ3) is 5.74. The van der Waals surface area contributed by atoms with Crippen LogP contribution in [-0.4, -0.2) is 19.0 Å². The Kier molecular flexibility index (Phi) is 6.67. The van der Waals surface area contributed by atoms with Gasteiger partial charge in [-0.15, -0.1) is 10.2 Å². The highest BCUT2D eigenvalue weighted by Gasteiger charge is 2.13. The van der Waals surface area contributed by atoms with E-state index in [0.717, 1.165) is 5.56 Å². The summed E-state index contributed by atoms with van der Waals surface area (Å²) < 4.78 is 5.14. The lowest BCUT2D eigenvalue weighted by Gasteiger charge is -2.09. The number of methoxy groups -OCH3 is 1. The molecule has 7 heteroatoms. The standard InChI is InChI=1S/C22H19N3O4/c1-28-20-10-6-5-9-19(20)22(27)29-25-18-13-11-17(12-14-18)23-24-21(26)15-16-7-3-2-4-8-16/h2-14,25H,15H2,1H3. The lowest BCUT2D eigenvalue weighted by Crippen LogP contribution is -2.11. The van der Waals surface area contributed by atoms with Crippen LogP contribution in [0, 0.1) is 0 Å². The van der Waals surface area contributed by atoms with Gasteiger partial charge in [-0.25, -0.2) is 10.3 Å². The molecule has 0 fully saturated rings. The van der Waals surface area contributed by atoms with Crippen LogP contribution in [0.1, 0.15) is 15.9 Å². The van der Waals surface area contributed by atoms with E-state index in [-0.39, 0.29) is 12.3 Å². The average molecular weight is 389 g/mol. The minimum atomic E-state index is -0.572. The number of hydrogen-bond acceptors (Lipinski definition) is 6. The van der Waals surface area contributed by atoms with Crippen LogP contribution in [-0.2, 0) is 16.1 Å². The molecule has 0 radical (unpaired) electrons. The molecule has 0 heterocycles. The summed E-state index contributed by atoms with van der Waals surface area (Å²) in [7, 11) is 1.48. The van der Waals surface area contributed by atoms with Crippen LogP contribution in [0.2, 0.25) is 0 Å². The number of azo groups is 1. The van der Waals surface area contributed by atoms with Crippen molar-refractivity contribution in [2.45, 2.75) is 6.42 Å². The molecule has 3 aromatic carbocycles. The number of nitrogens with zero attached hydrogens (tertiary/aromatic N) is 2. The van der Waals surface area contributed by atoms with Gasteiger partial charge in [-0.3, -0.25) is 4.79 Å². The molecule has 7 nitrogen and oxygen atoms in total. The predicted molar refractivity (Wildman–Crippen MR) is 108 cm³/mol. The first kappa shape index (κ1) is 19.8. The van der Waals surface area contributed by atoms with Gasteiger partial charge in [0.05, 0.1) is 24.9 Å². The summed E-state index contributed by atoms with van der Waals surface area (Å²) in [6.07, 6.45) is 0.197. The summed E-state index contributed by atoms with van der Waals surface area (Å²) in [5.74, 6) is -0.475. The molecule has 3 aromatic rings. The SMILES string of the molecule is COc1ccccc1C(=O)ONc1ccc(N=NC(=O)Cc2ccccc2)cc1. The van der Waals surface area contributed by atoms with Gasteiger partial charge in [0.2, 0.25) is 0 Å². The predicted octanol–water partition coefficient (Wildman–Crippen LogP) is 4.73. The highest BCUT2D eigenvalue weighted by atomic mass is 16.7. The molecule has 146 valence electrons. The van der Waals surface area contributed by atoms with Crippen LogP contribution in [0.5, 0.6) is 5.75 Å². The molecule has 1 N–H and O–H groups in total. The van der Waals surface area contributed by atoms with Gasteiger partial charge in [0.25, 0.3) is 5.91 Å². The highest BCUT2D eigenvalue weighted by Crippen LogP contribution is 2.20. The Bertz CT molecular complexity index is 1000. The lowest BCUT2D eigenvalue weighted by atomic mass is 10.1. The molecule has 0 saturated carbocycles. The number of benzene rings is 3. The van der Waals surface area contributed by atoms with Crippen molar-refractivity contribution in [3.63, 3.8) is 0 Å². The Labute approximate surface area is 168 Å². The fourth-order valence-corrected chi connectivity index (χ4v) is 2.49. The van der Waals surface area contributed by atoms with Gasteiger partial charge in [-0.05, 0) is 42.0 Å². The Balaban J connectivity index is 1.53. The van der Waals surface area contributed by atoms with E-state index >= 15 is 0 Å². The molecular weight excluding hydrogens is 370 g/mol. The molecule has 29 heavy (non-hydrogen) atoms. The van der Waals surface area contributed by atoms with Gasteiger partial charge in [0.15, 0.2) is 0 Å². The first-order chi connectivity index (χ1) is 14.2. The molecule has 0 aromatic heterocycles. The number of carbonyl (C=O) groups excluding carboxylic acids is 2. The normalized spacial score (nSPS) is 10.5. The number of carbonyl (C=O) groups is 2. The van der Waals surface area contributed by atoms with Gasteiger partial charge in [0.1, 0.15) is 11.3 Å². The summed E-state index contributed by atoms with van der Waals surface area (Å²) in [6, 6.07) is 22.7. The molecule has 0 saturated heterocycles. The van der Waals surface area contributed by atoms with Crippen molar-refractivity contribution in [1.29, 1.82) is 0 Å². The molecule has 0 unspecified atom stereocenters. The van der Waals surface area contributed by atoms with Crippen molar-refractivity contribution in [2.75, 3.05) is 12.6 Å². The second-order valence-corrected chi connectivity index (χ2v) is 5.99. The zero-order valence-electron chi connectivity index (χ0n) is 15.7. The molecular formula is C22H19N3O4. The molecule has 0 spiro atoms. The van der Waals surface area contributed by atoms with E-state index in [9.17, 15) is 9.59 Å². The molecule has 3 rings (SSSR count). The molecule has 1 amide bonds. The smallest absolute Gasteiger partial charge is 0.366 e. The number of ether oxygens (including phenoxy) is 1. The van der Waals surface area contributed by atoms with Gasteiger partial charge in [0, 0.05) is 0 Å². The molecule has 0 atom stereocenters. The third-order valence-electron chi connectivity index (χ3n) is 3.93. The Morgan fingerprint density at radius 1 is 0.897 bits per heavy atom. The van der Waals surface area contributed by atoms with E-state index in [0.29, 0.717) is 22.7 Å². The highest BCUT2D eigenvalue weighted by molar-refractivity contribution is 5.92. The summed E-state index contributed by atoms with van der Waals surface area (Å²) in [5.41, 5.74) is 4.82. The maximum absolute atomic E-state index is 12.2. The van der Waals surface area contributed by atoms with Crippen LogP contribution < -0.4 is 10.2 Å². The number of nitrogens with one attached hydrogen (secondary N) is 1. The van der Waals surface area contributed by atoms with Crippen LogP contribution >= 0.6 is 0 Å². The van der Waals surface area contributed by atoms with E-state index in [1.165, 1.54) is 7.11 Å². The minimum Gasteiger partial charge on any atom is -0.496 e. The Morgan fingerprint density at radius 2 is 1.59 bits per heavy atom. The average Bonchev–Trinajstić information content (AvgIpc) is 2.77. The van der Waals surface area contributed by atoms with Crippen LogP contribution in [0.3, 0.4) is 0 Å². The summed E-state index contributed by atoms with van der Waals surface area (Å²) >= 11 is 0. The molecule has 0 bridgehead atoms. The number of hydrogen-bond donors (Lipinski definition) is 1. The van der Waals surface area contributed by atoms with E-state index in [2.05, 4.69) is 15.7 Å². The van der Waals surface area contributed by atoms with E-state index in [1.54, 1.807) is 48.5 Å². The first-order valence-corrected chi connectivity index (χ1v) is 8.84. The van der Waals surface area contributed by atoms with Crippen molar-refractivity contribution in [3.05, 3.63) is 90.0 Å². The van der Waals surface area contributed by atoms with Gasteiger partial charge in [-0.1, -0.05) is 42.5 Å². The zero-order chi connectivity index (χ0) is 20.5. The zero-order valence-corrected chi connectivity index (χ0v) is 15.7. The fourth-order valence-electron chi connectivity index (χ4n) is 2.49. The summed E-state index contributed by atoms with van der Waals surface area (Å²) in [6.45, 7) is 0. The molecule has 0 aliphatic rings. The monoisotopic (exact) mass is 389 g/mol. The Hall–Kier alpha value is -4.00. The van der Waals surface area contributed by atoms with Gasteiger partial charge in [-0.2, -0.15) is 0 Å². The van der Waals surface area contributed by atoms with E-state index in [1.807, 2.05) is 30.3 Å². The Morgan fingerprint density at radius 3 is 2.31 bits per heavy atom. The maximum atomic E-state index is 12.2. The van der Waals surface area contributed by atoms with Crippen LogP contribution in [0.15, 0.2) is 89.1 Å². The second kappa shape index (κ2) is 9.80. The lowest BCUT2D eigenvalue weighted by molar-refractivity contribution is -0.117. The van der Waals surface area contributed by atoms with E-state index < -0.39 is 5.97 Å². The number of rotatable bonds is 7. The van der Waals surface area contributed by atoms with E-state index in [4.69, 9.17) is 9.57 Å². The van der Waals surface area contributed by atoms with Crippen molar-refractivity contribution in [3.8, 4) is 5.75 Å². The van der Waals surface area contributed by atoms with Crippen LogP contribution in [0.4, 0.5) is 11.4 Å². The van der Waals surface area contributed by atoms with Crippen LogP contribution in [0.25, 0.3) is 0 Å². The minimum absolute atomic E-state index is 0.197. The first-order valence-electron chi connectivity index (χ1n) is 8.84. The van der Waals surface area contributed by atoms with Gasteiger partial charge < -0.3 is 9.57 Å². The summed E-state index contributed by atoms with van der Waals surface area (Å²) in [4.78, 5) is 29.1. The van der Waals surface area contributed by atoms with Crippen molar-refractivity contribution >= 4 is 23.3 Å². The second-order valence-electron chi connectivity index (χ2n) is 5.99. The molecule has 0 aliphatic heterocycles. The van der Waals surface area contributed by atoms with Gasteiger partial charge >= 0.3 is 5.97 Å². The van der Waals surface area contributed by atoms with Crippen molar-refractivity contribution in [2.24, 2.45) is 10.2 Å². The molecule has 0 aliphatic carbocycles. The topological polar surface area (TPSA) is 89.3 Å². The number of amides is 1. The fraction of sp³-hybridized carbons (Fsp3) is 0.0909. The largest absolute Gasteiger partial charge is 0.496 e. The number of anilines is 1. The van der Waals surface area contributed by atoms with Crippen molar-refractivity contribution < 1.29 is 19.2 Å². The quantitative estimate of drug-likeness (QED) is 0.466.